The van der Waals surface area contributed by atoms with Crippen LogP contribution in [0.1, 0.15) is 5.56 Å². The molecule has 33 heavy (non-hydrogen) atoms. The summed E-state index contributed by atoms with van der Waals surface area (Å²) in [6.45, 7) is -0.512. The molecular weight excluding hydrogens is 464 g/mol. The molecule has 0 aliphatic heterocycles. The van der Waals surface area contributed by atoms with Gasteiger partial charge in [0.25, 0.3) is 10.0 Å². The third-order valence-corrected chi connectivity index (χ3v) is 7.76. The van der Waals surface area contributed by atoms with E-state index in [0.29, 0.717) is 5.56 Å². The van der Waals surface area contributed by atoms with Gasteiger partial charge in [-0.05, 0) is 48.5 Å². The highest BCUT2D eigenvalue weighted by molar-refractivity contribution is 7.92. The smallest absolute Gasteiger partial charge is 0.261 e. The van der Waals surface area contributed by atoms with Gasteiger partial charge in [-0.15, -0.1) is 0 Å². The molecule has 11 heteroatoms. The number of hydrogen-bond donors (Lipinski definition) is 2. The van der Waals surface area contributed by atoms with Gasteiger partial charge in [-0.1, -0.05) is 30.3 Å². The second-order valence-electron chi connectivity index (χ2n) is 6.91. The summed E-state index contributed by atoms with van der Waals surface area (Å²) in [7, 11) is -6.62. The molecular formula is C22H20N4O5S2. The van der Waals surface area contributed by atoms with Crippen LogP contribution < -0.4 is 10.0 Å². The van der Waals surface area contributed by atoms with Crippen LogP contribution in [0.2, 0.25) is 0 Å². The normalized spacial score (nSPS) is 11.5. The van der Waals surface area contributed by atoms with Crippen molar-refractivity contribution in [1.82, 2.24) is 4.31 Å². The number of nitrogens with one attached hydrogen (secondary N) is 2. The Balaban J connectivity index is 1.74. The van der Waals surface area contributed by atoms with Gasteiger partial charge in [0.05, 0.1) is 39.3 Å². The van der Waals surface area contributed by atoms with E-state index in [0.717, 1.165) is 4.31 Å². The first-order chi connectivity index (χ1) is 15.6. The summed E-state index contributed by atoms with van der Waals surface area (Å²) in [6.07, 6.45) is 0. The zero-order valence-corrected chi connectivity index (χ0v) is 19.1. The number of benzene rings is 3. The SMILES string of the molecule is CN(CC(=O)Nc1ccccc1NS(=O)(=O)c1ccccc1)S(=O)(=O)c1ccc(C#N)cc1. The van der Waals surface area contributed by atoms with Gasteiger partial charge in [0.15, 0.2) is 0 Å². The van der Waals surface area contributed by atoms with Crippen molar-refractivity contribution in [2.45, 2.75) is 9.79 Å². The monoisotopic (exact) mass is 484 g/mol. The Morgan fingerprint density at radius 3 is 2.03 bits per heavy atom. The third kappa shape index (κ3) is 5.75. The molecule has 0 aromatic heterocycles. The molecule has 2 N–H and O–H groups in total. The number of nitrogens with zero attached hydrogens (tertiary/aromatic N) is 2. The Morgan fingerprint density at radius 1 is 0.848 bits per heavy atom. The number of carbonyl (C=O) groups excluding carboxylic acids is 1. The average molecular weight is 485 g/mol. The molecule has 0 heterocycles. The summed E-state index contributed by atoms with van der Waals surface area (Å²) in [5.41, 5.74) is 0.613. The fourth-order valence-electron chi connectivity index (χ4n) is 2.84. The first-order valence-electron chi connectivity index (χ1n) is 9.57. The van der Waals surface area contributed by atoms with Crippen LogP contribution in [0.25, 0.3) is 0 Å². The van der Waals surface area contributed by atoms with Crippen molar-refractivity contribution in [2.75, 3.05) is 23.6 Å². The Bertz CT molecular complexity index is 1400. The topological polar surface area (TPSA) is 136 Å². The number of likely N-dealkylation sites (N-methyl/N-ethyl adjacent to an activating group) is 1. The van der Waals surface area contributed by atoms with E-state index in [1.807, 2.05) is 6.07 Å². The maximum Gasteiger partial charge on any atom is 0.261 e. The lowest BCUT2D eigenvalue weighted by Gasteiger charge is -2.18. The number of sulfonamides is 2. The lowest BCUT2D eigenvalue weighted by molar-refractivity contribution is -0.116. The first kappa shape index (κ1) is 23.9. The summed E-state index contributed by atoms with van der Waals surface area (Å²) in [5.74, 6) is -0.666. The maximum atomic E-state index is 12.7. The largest absolute Gasteiger partial charge is 0.323 e. The van der Waals surface area contributed by atoms with E-state index in [1.165, 1.54) is 55.6 Å². The number of para-hydroxylation sites is 2. The molecule has 0 bridgehead atoms. The molecule has 0 spiro atoms. The zero-order valence-electron chi connectivity index (χ0n) is 17.5. The van der Waals surface area contributed by atoms with E-state index in [2.05, 4.69) is 10.0 Å². The minimum atomic E-state index is -3.97. The van der Waals surface area contributed by atoms with E-state index >= 15 is 0 Å². The fourth-order valence-corrected chi connectivity index (χ4v) is 5.07. The lowest BCUT2D eigenvalue weighted by atomic mass is 10.2. The van der Waals surface area contributed by atoms with Gasteiger partial charge in [0.2, 0.25) is 15.9 Å². The van der Waals surface area contributed by atoms with E-state index in [-0.39, 0.29) is 21.2 Å². The van der Waals surface area contributed by atoms with Crippen molar-refractivity contribution < 1.29 is 21.6 Å². The summed E-state index contributed by atoms with van der Waals surface area (Å²) in [5, 5.41) is 11.4. The van der Waals surface area contributed by atoms with Crippen LogP contribution in [-0.2, 0) is 24.8 Å². The van der Waals surface area contributed by atoms with Gasteiger partial charge in [-0.2, -0.15) is 9.57 Å². The predicted octanol–water partition coefficient (Wildman–Crippen LogP) is 2.62. The van der Waals surface area contributed by atoms with Crippen LogP contribution in [0.5, 0.6) is 0 Å². The van der Waals surface area contributed by atoms with Crippen LogP contribution >= 0.6 is 0 Å². The number of nitriles is 1. The summed E-state index contributed by atoms with van der Waals surface area (Å²) in [6, 6.07) is 21.1. The number of carbonyl (C=O) groups is 1. The summed E-state index contributed by atoms with van der Waals surface area (Å²) in [4.78, 5) is 12.5. The second kappa shape index (κ2) is 9.83. The first-order valence-corrected chi connectivity index (χ1v) is 12.5. The number of rotatable bonds is 8. The second-order valence-corrected chi connectivity index (χ2v) is 10.6. The Morgan fingerprint density at radius 2 is 1.42 bits per heavy atom. The minimum absolute atomic E-state index is 0.0550. The molecule has 3 rings (SSSR count). The quantitative estimate of drug-likeness (QED) is 0.504. The number of hydrogen-bond acceptors (Lipinski definition) is 6. The van der Waals surface area contributed by atoms with Crippen LogP contribution in [0.3, 0.4) is 0 Å². The van der Waals surface area contributed by atoms with Crippen LogP contribution in [0.4, 0.5) is 11.4 Å². The predicted molar refractivity (Wildman–Crippen MR) is 123 cm³/mol. The molecule has 0 unspecified atom stereocenters. The van der Waals surface area contributed by atoms with Crippen molar-refractivity contribution >= 4 is 37.3 Å². The Labute approximate surface area is 192 Å². The van der Waals surface area contributed by atoms with Gasteiger partial charge < -0.3 is 5.32 Å². The third-order valence-electron chi connectivity index (χ3n) is 4.56. The molecule has 0 radical (unpaired) electrons. The van der Waals surface area contributed by atoms with Crippen LogP contribution in [-0.4, -0.2) is 40.6 Å². The average Bonchev–Trinajstić information content (AvgIpc) is 2.80. The highest BCUT2D eigenvalue weighted by atomic mass is 32.2. The molecule has 0 fully saturated rings. The highest BCUT2D eigenvalue weighted by Gasteiger charge is 2.23. The van der Waals surface area contributed by atoms with E-state index < -0.39 is 32.5 Å². The van der Waals surface area contributed by atoms with Crippen molar-refractivity contribution in [2.24, 2.45) is 0 Å². The van der Waals surface area contributed by atoms with Crippen molar-refractivity contribution in [3.8, 4) is 6.07 Å². The van der Waals surface area contributed by atoms with Gasteiger partial charge in [0.1, 0.15) is 0 Å². The van der Waals surface area contributed by atoms with Gasteiger partial charge in [-0.3, -0.25) is 9.52 Å². The van der Waals surface area contributed by atoms with Crippen molar-refractivity contribution in [1.29, 1.82) is 5.26 Å². The van der Waals surface area contributed by atoms with Gasteiger partial charge >= 0.3 is 0 Å². The van der Waals surface area contributed by atoms with E-state index in [4.69, 9.17) is 5.26 Å². The fraction of sp³-hybridized carbons (Fsp3) is 0.0909. The molecule has 9 nitrogen and oxygen atoms in total. The molecule has 170 valence electrons. The zero-order chi connectivity index (χ0) is 24.1. The van der Waals surface area contributed by atoms with Crippen molar-refractivity contribution in [3.63, 3.8) is 0 Å². The van der Waals surface area contributed by atoms with Crippen LogP contribution in [0, 0.1) is 11.3 Å². The lowest BCUT2D eigenvalue weighted by Crippen LogP contribution is -2.35. The Kier molecular flexibility index (Phi) is 7.13. The van der Waals surface area contributed by atoms with E-state index in [9.17, 15) is 21.6 Å². The van der Waals surface area contributed by atoms with Gasteiger partial charge in [0, 0.05) is 7.05 Å². The van der Waals surface area contributed by atoms with E-state index in [1.54, 1.807) is 30.3 Å². The Hall–Kier alpha value is -3.72. The summed E-state index contributed by atoms with van der Waals surface area (Å²) >= 11 is 0. The highest BCUT2D eigenvalue weighted by Crippen LogP contribution is 2.24. The summed E-state index contributed by atoms with van der Waals surface area (Å²) < 4.78 is 53.9. The molecule has 1 amide bonds. The minimum Gasteiger partial charge on any atom is -0.323 e. The van der Waals surface area contributed by atoms with Gasteiger partial charge in [-0.25, -0.2) is 16.8 Å². The molecule has 3 aromatic rings. The number of amides is 1. The maximum absolute atomic E-state index is 12.7. The molecule has 0 atom stereocenters. The molecule has 3 aromatic carbocycles. The molecule has 0 saturated carbocycles. The molecule has 0 aliphatic rings. The standard InChI is InChI=1S/C22H20N4O5S2/c1-26(33(30,31)19-13-11-17(15-23)12-14-19)16-22(27)24-20-9-5-6-10-21(20)25-32(28,29)18-7-3-2-4-8-18/h2-14,25H,16H2,1H3,(H,24,27). The number of anilines is 2. The van der Waals surface area contributed by atoms with Crippen molar-refractivity contribution in [3.05, 3.63) is 84.4 Å². The molecule has 0 aliphatic carbocycles. The molecule has 0 saturated heterocycles. The van der Waals surface area contributed by atoms with Crippen LogP contribution in [0.15, 0.2) is 88.7 Å².